The van der Waals surface area contributed by atoms with Gasteiger partial charge in [0.2, 0.25) is 5.76 Å². The molecule has 4 N–H and O–H groups in total. The van der Waals surface area contributed by atoms with Gasteiger partial charge < -0.3 is 20.6 Å². The third kappa shape index (κ3) is 3.76. The zero-order chi connectivity index (χ0) is 21.5. The van der Waals surface area contributed by atoms with E-state index in [0.717, 1.165) is 18.5 Å². The molecule has 0 aliphatic carbocycles. The Morgan fingerprint density at radius 1 is 1.27 bits per heavy atom. The molecule has 0 aliphatic rings. The number of hydrogen-bond acceptors (Lipinski definition) is 7. The van der Waals surface area contributed by atoms with Crippen LogP contribution in [0.1, 0.15) is 21.7 Å². The van der Waals surface area contributed by atoms with Gasteiger partial charge in [0, 0.05) is 6.07 Å². The van der Waals surface area contributed by atoms with Crippen LogP contribution in [-0.4, -0.2) is 31.0 Å². The highest BCUT2D eigenvalue weighted by atomic mass is 35.5. The van der Waals surface area contributed by atoms with Crippen LogP contribution >= 0.6 is 11.6 Å². The Morgan fingerprint density at radius 2 is 2.07 bits per heavy atom. The monoisotopic (exact) mass is 437 g/mol. The average Bonchev–Trinajstić information content (AvgIpc) is 3.33. The van der Waals surface area contributed by atoms with E-state index in [-0.39, 0.29) is 40.2 Å². The number of fused-ring (bicyclic) bond motifs is 1. The zero-order valence-electron chi connectivity index (χ0n) is 14.8. The largest absolute Gasteiger partial charge is 0.416 e. The van der Waals surface area contributed by atoms with Gasteiger partial charge in [-0.25, -0.2) is 15.0 Å². The highest BCUT2D eigenvalue weighted by molar-refractivity contribution is 6.35. The highest BCUT2D eigenvalue weighted by Gasteiger charge is 2.30. The van der Waals surface area contributed by atoms with Crippen molar-refractivity contribution in [2.75, 3.05) is 5.73 Å². The Hall–Kier alpha value is -3.67. The molecule has 0 unspecified atom stereocenters. The summed E-state index contributed by atoms with van der Waals surface area (Å²) >= 11 is 5.90. The minimum Gasteiger partial charge on any atom is -0.382 e. The van der Waals surface area contributed by atoms with Crippen LogP contribution in [0.25, 0.3) is 22.6 Å². The molecule has 0 aliphatic heterocycles. The number of carbonyl (C=O) groups is 1. The third-order valence-electron chi connectivity index (χ3n) is 4.06. The molecule has 9 nitrogen and oxygen atoms in total. The molecule has 13 heteroatoms. The lowest BCUT2D eigenvalue weighted by Crippen LogP contribution is -2.24. The van der Waals surface area contributed by atoms with E-state index in [1.807, 2.05) is 0 Å². The van der Waals surface area contributed by atoms with E-state index in [1.165, 1.54) is 12.1 Å². The minimum absolute atomic E-state index is 0.0268. The number of aromatic nitrogens is 5. The van der Waals surface area contributed by atoms with Gasteiger partial charge in [-0.1, -0.05) is 16.8 Å². The molecule has 0 saturated carbocycles. The standard InChI is InChI=1S/C17H11ClF3N7O2/c18-12-13(24-6-25-14(12)22)16(29)23-5-8-4-11(30-28-8)15-26-9-2-1-7(17(19,20)21)3-10(9)27-15/h1-4,6H,5H2,(H,23,29)(H,26,27)(H2,22,24,25). The number of nitrogens with zero attached hydrogens (tertiary/aromatic N) is 4. The average molecular weight is 438 g/mol. The second kappa shape index (κ2) is 7.30. The van der Waals surface area contributed by atoms with Crippen molar-refractivity contribution in [3.8, 4) is 11.6 Å². The van der Waals surface area contributed by atoms with Crippen molar-refractivity contribution in [1.29, 1.82) is 0 Å². The molecule has 4 aromatic rings. The van der Waals surface area contributed by atoms with Crippen molar-refractivity contribution >= 4 is 34.4 Å². The van der Waals surface area contributed by atoms with E-state index in [2.05, 4.69) is 30.4 Å². The molecule has 3 aromatic heterocycles. The van der Waals surface area contributed by atoms with Gasteiger partial charge in [-0.05, 0) is 18.2 Å². The van der Waals surface area contributed by atoms with E-state index in [0.29, 0.717) is 11.2 Å². The van der Waals surface area contributed by atoms with Crippen LogP contribution in [0.5, 0.6) is 0 Å². The summed E-state index contributed by atoms with van der Waals surface area (Å²) < 4.78 is 43.7. The summed E-state index contributed by atoms with van der Waals surface area (Å²) in [5.41, 5.74) is 5.52. The van der Waals surface area contributed by atoms with Crippen molar-refractivity contribution in [3.05, 3.63) is 52.6 Å². The van der Waals surface area contributed by atoms with Gasteiger partial charge >= 0.3 is 6.18 Å². The Balaban J connectivity index is 1.50. The van der Waals surface area contributed by atoms with Crippen LogP contribution in [-0.2, 0) is 12.7 Å². The molecule has 154 valence electrons. The number of H-pyrrole nitrogens is 1. The van der Waals surface area contributed by atoms with Gasteiger partial charge in [0.15, 0.2) is 11.5 Å². The van der Waals surface area contributed by atoms with Crippen molar-refractivity contribution in [1.82, 2.24) is 30.4 Å². The summed E-state index contributed by atoms with van der Waals surface area (Å²) in [6.07, 6.45) is -3.36. The number of carbonyl (C=O) groups excluding carboxylic acids is 1. The van der Waals surface area contributed by atoms with Gasteiger partial charge in [0.1, 0.15) is 22.9 Å². The molecule has 0 radical (unpaired) electrons. The van der Waals surface area contributed by atoms with Crippen molar-refractivity contribution < 1.29 is 22.5 Å². The van der Waals surface area contributed by atoms with Crippen LogP contribution in [0.2, 0.25) is 5.02 Å². The second-order valence-electron chi connectivity index (χ2n) is 6.10. The fourth-order valence-corrected chi connectivity index (χ4v) is 2.79. The number of imidazole rings is 1. The topological polar surface area (TPSA) is 136 Å². The molecule has 1 amide bonds. The van der Waals surface area contributed by atoms with E-state index >= 15 is 0 Å². The summed E-state index contributed by atoms with van der Waals surface area (Å²) in [5, 5.41) is 6.28. The summed E-state index contributed by atoms with van der Waals surface area (Å²) in [6, 6.07) is 4.64. The van der Waals surface area contributed by atoms with E-state index in [4.69, 9.17) is 21.9 Å². The summed E-state index contributed by atoms with van der Waals surface area (Å²) in [5.74, 6) is -0.240. The number of nitrogens with two attached hydrogens (primary N) is 1. The molecule has 3 heterocycles. The Kier molecular flexibility index (Phi) is 4.78. The van der Waals surface area contributed by atoms with E-state index in [1.54, 1.807) is 0 Å². The summed E-state index contributed by atoms with van der Waals surface area (Å²) in [6.45, 7) is -0.0268. The van der Waals surface area contributed by atoms with Crippen molar-refractivity contribution in [2.24, 2.45) is 0 Å². The predicted molar refractivity (Wildman–Crippen MR) is 99.2 cm³/mol. The lowest BCUT2D eigenvalue weighted by molar-refractivity contribution is -0.137. The van der Waals surface area contributed by atoms with Gasteiger partial charge in [0.25, 0.3) is 5.91 Å². The van der Waals surface area contributed by atoms with Crippen LogP contribution in [0.4, 0.5) is 19.0 Å². The number of hydrogen-bond donors (Lipinski definition) is 3. The first kappa shape index (κ1) is 19.6. The predicted octanol–water partition coefficient (Wildman–Crippen LogP) is 3.19. The fourth-order valence-electron chi connectivity index (χ4n) is 2.61. The maximum atomic E-state index is 12.8. The van der Waals surface area contributed by atoms with Gasteiger partial charge in [-0.2, -0.15) is 13.2 Å². The molecule has 0 saturated heterocycles. The Bertz CT molecular complexity index is 1250. The third-order valence-corrected chi connectivity index (χ3v) is 4.44. The van der Waals surface area contributed by atoms with Crippen LogP contribution < -0.4 is 11.1 Å². The van der Waals surface area contributed by atoms with E-state index in [9.17, 15) is 18.0 Å². The number of amides is 1. The lowest BCUT2D eigenvalue weighted by Gasteiger charge is -2.05. The molecule has 1 aromatic carbocycles. The smallest absolute Gasteiger partial charge is 0.382 e. The molecule has 4 rings (SSSR count). The molecule has 0 atom stereocenters. The maximum absolute atomic E-state index is 12.8. The van der Waals surface area contributed by atoms with Crippen LogP contribution in [0.3, 0.4) is 0 Å². The van der Waals surface area contributed by atoms with Gasteiger partial charge in [-0.15, -0.1) is 0 Å². The number of halogens is 4. The van der Waals surface area contributed by atoms with Gasteiger partial charge in [-0.3, -0.25) is 4.79 Å². The maximum Gasteiger partial charge on any atom is 0.416 e. The first-order chi connectivity index (χ1) is 14.2. The molecule has 0 bridgehead atoms. The van der Waals surface area contributed by atoms with Crippen LogP contribution in [0, 0.1) is 0 Å². The minimum atomic E-state index is -4.46. The van der Waals surface area contributed by atoms with Crippen molar-refractivity contribution in [2.45, 2.75) is 12.7 Å². The second-order valence-corrected chi connectivity index (χ2v) is 6.48. The van der Waals surface area contributed by atoms with Crippen LogP contribution in [0.15, 0.2) is 35.1 Å². The lowest BCUT2D eigenvalue weighted by atomic mass is 10.2. The SMILES string of the molecule is Nc1ncnc(C(=O)NCc2cc(-c3nc4ccc(C(F)(F)F)cc4[nH]3)on2)c1Cl. The number of nitrogen functional groups attached to an aromatic ring is 1. The molecule has 0 spiro atoms. The number of rotatable bonds is 4. The number of anilines is 1. The Labute approximate surface area is 170 Å². The van der Waals surface area contributed by atoms with Crippen molar-refractivity contribution in [3.63, 3.8) is 0 Å². The number of aromatic amines is 1. The first-order valence-corrected chi connectivity index (χ1v) is 8.67. The normalized spacial score (nSPS) is 11.7. The zero-order valence-corrected chi connectivity index (χ0v) is 15.5. The highest BCUT2D eigenvalue weighted by Crippen LogP contribution is 2.31. The van der Waals surface area contributed by atoms with Gasteiger partial charge in [0.05, 0.1) is 23.1 Å². The molecular weight excluding hydrogens is 427 g/mol. The summed E-state index contributed by atoms with van der Waals surface area (Å²) in [7, 11) is 0. The van der Waals surface area contributed by atoms with E-state index < -0.39 is 17.6 Å². The quantitative estimate of drug-likeness (QED) is 0.446. The summed E-state index contributed by atoms with van der Waals surface area (Å²) in [4.78, 5) is 26.6. The Morgan fingerprint density at radius 3 is 2.83 bits per heavy atom. The molecule has 30 heavy (non-hydrogen) atoms. The molecular formula is C17H11ClF3N7O2. The first-order valence-electron chi connectivity index (χ1n) is 8.29. The number of benzene rings is 1. The molecule has 0 fully saturated rings. The number of alkyl halides is 3. The fraction of sp³-hybridized carbons (Fsp3) is 0.118. The number of nitrogens with one attached hydrogen (secondary N) is 2.